The molecule has 2 saturated heterocycles. The number of nitrogens with zero attached hydrogens (tertiary/aromatic N) is 3. The van der Waals surface area contributed by atoms with Crippen molar-refractivity contribution in [2.45, 2.75) is 44.8 Å². The average Bonchev–Trinajstić information content (AvgIpc) is 3.22. The number of amides is 1. The van der Waals surface area contributed by atoms with Crippen LogP contribution in [0.2, 0.25) is 0 Å². The monoisotopic (exact) mass is 310 g/mol. The minimum atomic E-state index is -0.0896. The van der Waals surface area contributed by atoms with Gasteiger partial charge in [-0.15, -0.1) is 0 Å². The second-order valence-corrected chi connectivity index (χ2v) is 5.55. The van der Waals surface area contributed by atoms with E-state index >= 15 is 0 Å². The van der Waals surface area contributed by atoms with Crippen molar-refractivity contribution in [1.82, 2.24) is 20.5 Å². The molecular weight excluding hydrogens is 288 g/mol. The summed E-state index contributed by atoms with van der Waals surface area (Å²) >= 11 is 0. The first-order chi connectivity index (χ1) is 10.8. The third-order valence-corrected chi connectivity index (χ3v) is 3.80. The molecule has 0 aromatic carbocycles. The smallest absolute Gasteiger partial charge is 0.255 e. The Hall–Kier alpha value is -1.51. The van der Waals surface area contributed by atoms with Crippen LogP contribution in [0.25, 0.3) is 0 Å². The van der Waals surface area contributed by atoms with E-state index in [9.17, 15) is 4.79 Å². The van der Waals surface area contributed by atoms with E-state index in [1.54, 1.807) is 0 Å². The Balaban J connectivity index is 1.37. The van der Waals surface area contributed by atoms with Gasteiger partial charge in [0.2, 0.25) is 5.91 Å². The quantitative estimate of drug-likeness (QED) is 0.836. The molecule has 8 heteroatoms. The summed E-state index contributed by atoms with van der Waals surface area (Å²) < 4.78 is 10.7. The molecule has 0 spiro atoms. The molecule has 2 fully saturated rings. The molecule has 0 saturated carbocycles. The highest BCUT2D eigenvalue weighted by Crippen LogP contribution is 2.26. The van der Waals surface area contributed by atoms with E-state index in [0.29, 0.717) is 24.7 Å². The molecule has 1 atom stereocenters. The van der Waals surface area contributed by atoms with Crippen molar-refractivity contribution in [3.63, 3.8) is 0 Å². The highest BCUT2D eigenvalue weighted by Gasteiger charge is 2.23. The van der Waals surface area contributed by atoms with Crippen LogP contribution >= 0.6 is 0 Å². The van der Waals surface area contributed by atoms with Gasteiger partial charge < -0.3 is 14.6 Å². The molecule has 1 aromatic rings. The Morgan fingerprint density at radius 1 is 1.32 bits per heavy atom. The van der Waals surface area contributed by atoms with Crippen LogP contribution in [-0.4, -0.2) is 47.4 Å². The van der Waals surface area contributed by atoms with Crippen molar-refractivity contribution in [3.05, 3.63) is 11.7 Å². The first-order valence-electron chi connectivity index (χ1n) is 7.90. The summed E-state index contributed by atoms with van der Waals surface area (Å²) in [5.74, 6) is 0.939. The van der Waals surface area contributed by atoms with Gasteiger partial charge in [0.25, 0.3) is 5.89 Å². The Morgan fingerprint density at radius 3 is 3.05 bits per heavy atom. The molecular formula is C14H22N4O4. The fraction of sp³-hybridized carbons (Fsp3) is 0.786. The van der Waals surface area contributed by atoms with E-state index in [4.69, 9.17) is 14.1 Å². The molecule has 0 radical (unpaired) electrons. The standard InChI is InChI=1S/C14H22N4O4/c19-13(5-7-18-6-1-2-9-21-18)15-10-12-16-14(22-17-12)11-4-3-8-20-11/h11H,1-10H2,(H,15,19)/t11-/m1/s1. The van der Waals surface area contributed by atoms with Crippen LogP contribution in [0.5, 0.6) is 0 Å². The molecule has 0 aliphatic carbocycles. The third kappa shape index (κ3) is 4.25. The zero-order valence-electron chi connectivity index (χ0n) is 12.6. The first-order valence-corrected chi connectivity index (χ1v) is 7.90. The van der Waals surface area contributed by atoms with Gasteiger partial charge >= 0.3 is 0 Å². The van der Waals surface area contributed by atoms with Gasteiger partial charge in [-0.25, -0.2) is 0 Å². The highest BCUT2D eigenvalue weighted by molar-refractivity contribution is 5.75. The molecule has 122 valence electrons. The molecule has 3 rings (SSSR count). The Morgan fingerprint density at radius 2 is 2.27 bits per heavy atom. The zero-order valence-corrected chi connectivity index (χ0v) is 12.6. The third-order valence-electron chi connectivity index (χ3n) is 3.80. The van der Waals surface area contributed by atoms with E-state index in [1.807, 2.05) is 5.06 Å². The van der Waals surface area contributed by atoms with Crippen LogP contribution in [0.4, 0.5) is 0 Å². The Bertz CT molecular complexity index is 481. The van der Waals surface area contributed by atoms with Crippen LogP contribution in [0.1, 0.15) is 49.9 Å². The van der Waals surface area contributed by atoms with E-state index in [2.05, 4.69) is 15.5 Å². The summed E-state index contributed by atoms with van der Waals surface area (Å²) in [6, 6.07) is 0. The molecule has 22 heavy (non-hydrogen) atoms. The second kappa shape index (κ2) is 7.66. The molecule has 1 amide bonds. The predicted octanol–water partition coefficient (Wildman–Crippen LogP) is 0.955. The van der Waals surface area contributed by atoms with Gasteiger partial charge in [0, 0.05) is 26.1 Å². The lowest BCUT2D eigenvalue weighted by Gasteiger charge is -2.25. The number of aromatic nitrogens is 2. The van der Waals surface area contributed by atoms with Gasteiger partial charge in [-0.3, -0.25) is 9.63 Å². The summed E-state index contributed by atoms with van der Waals surface area (Å²) in [4.78, 5) is 21.5. The second-order valence-electron chi connectivity index (χ2n) is 5.55. The van der Waals surface area contributed by atoms with E-state index in [0.717, 1.165) is 45.4 Å². The van der Waals surface area contributed by atoms with E-state index < -0.39 is 0 Å². The maximum absolute atomic E-state index is 11.8. The number of hydrogen-bond donors (Lipinski definition) is 1. The lowest BCUT2D eigenvalue weighted by molar-refractivity contribution is -0.181. The van der Waals surface area contributed by atoms with Gasteiger partial charge in [0.05, 0.1) is 13.2 Å². The largest absolute Gasteiger partial charge is 0.368 e. The molecule has 1 N–H and O–H groups in total. The Kier molecular flexibility index (Phi) is 5.36. The maximum atomic E-state index is 11.8. The fourth-order valence-corrected chi connectivity index (χ4v) is 2.56. The van der Waals surface area contributed by atoms with Crippen LogP contribution in [-0.2, 0) is 20.9 Å². The summed E-state index contributed by atoms with van der Waals surface area (Å²) in [7, 11) is 0. The van der Waals surface area contributed by atoms with Crippen molar-refractivity contribution in [2.24, 2.45) is 0 Å². The summed E-state index contributed by atoms with van der Waals surface area (Å²) in [6.07, 6.45) is 4.44. The number of ether oxygens (including phenoxy) is 1. The molecule has 1 aromatic heterocycles. The lowest BCUT2D eigenvalue weighted by Crippen LogP contribution is -2.34. The number of nitrogens with one attached hydrogen (secondary N) is 1. The summed E-state index contributed by atoms with van der Waals surface area (Å²) in [5, 5.41) is 8.52. The lowest BCUT2D eigenvalue weighted by atomic mass is 10.2. The first kappa shape index (κ1) is 15.4. The number of carbonyl (C=O) groups excluding carboxylic acids is 1. The molecule has 8 nitrogen and oxygen atoms in total. The van der Waals surface area contributed by atoms with Crippen molar-refractivity contribution in [2.75, 3.05) is 26.3 Å². The number of carbonyl (C=O) groups is 1. The molecule has 0 bridgehead atoms. The number of hydrogen-bond acceptors (Lipinski definition) is 7. The number of rotatable bonds is 6. The van der Waals surface area contributed by atoms with E-state index in [-0.39, 0.29) is 18.6 Å². The summed E-state index contributed by atoms with van der Waals surface area (Å²) in [5.41, 5.74) is 0. The summed E-state index contributed by atoms with van der Waals surface area (Å²) in [6.45, 7) is 3.26. The van der Waals surface area contributed by atoms with Gasteiger partial charge in [0.1, 0.15) is 6.10 Å². The van der Waals surface area contributed by atoms with Crippen LogP contribution in [0.3, 0.4) is 0 Å². The molecule has 2 aliphatic heterocycles. The Labute approximate surface area is 129 Å². The van der Waals surface area contributed by atoms with Gasteiger partial charge in [-0.2, -0.15) is 10.0 Å². The van der Waals surface area contributed by atoms with Crippen molar-refractivity contribution in [1.29, 1.82) is 0 Å². The van der Waals surface area contributed by atoms with Gasteiger partial charge in [-0.1, -0.05) is 5.16 Å². The molecule has 0 unspecified atom stereocenters. The van der Waals surface area contributed by atoms with Gasteiger partial charge in [0.15, 0.2) is 5.82 Å². The fourth-order valence-electron chi connectivity index (χ4n) is 2.56. The normalized spacial score (nSPS) is 22.8. The molecule has 2 aliphatic rings. The van der Waals surface area contributed by atoms with Crippen molar-refractivity contribution >= 4 is 5.91 Å². The van der Waals surface area contributed by atoms with Crippen LogP contribution in [0, 0.1) is 0 Å². The van der Waals surface area contributed by atoms with Crippen molar-refractivity contribution < 1.29 is 18.9 Å². The van der Waals surface area contributed by atoms with Crippen LogP contribution < -0.4 is 5.32 Å². The minimum Gasteiger partial charge on any atom is -0.368 e. The topological polar surface area (TPSA) is 89.7 Å². The molecule has 3 heterocycles. The minimum absolute atomic E-state index is 0.0439. The zero-order chi connectivity index (χ0) is 15.2. The highest BCUT2D eigenvalue weighted by atomic mass is 16.7. The predicted molar refractivity (Wildman–Crippen MR) is 75.4 cm³/mol. The SMILES string of the molecule is O=C(CCN1CCCCO1)NCc1noc([C@H]2CCCO2)n1. The maximum Gasteiger partial charge on any atom is 0.255 e. The van der Waals surface area contributed by atoms with Crippen LogP contribution in [0.15, 0.2) is 4.52 Å². The van der Waals surface area contributed by atoms with E-state index in [1.165, 1.54) is 0 Å². The average molecular weight is 310 g/mol. The van der Waals surface area contributed by atoms with Crippen molar-refractivity contribution in [3.8, 4) is 0 Å². The number of hydroxylamine groups is 2. The van der Waals surface area contributed by atoms with Gasteiger partial charge in [-0.05, 0) is 25.7 Å².